The Morgan fingerprint density at radius 3 is 2.76 bits per heavy atom. The number of hydrazine groups is 1. The molecule has 0 spiro atoms. The Kier molecular flexibility index (Phi) is 5.33. The largest absolute Gasteiger partial charge is 0.292 e. The van der Waals surface area contributed by atoms with E-state index in [2.05, 4.69) is 21.5 Å². The van der Waals surface area contributed by atoms with Crippen LogP contribution in [0.15, 0.2) is 36.5 Å². The maximum absolute atomic E-state index is 6.15. The smallest absolute Gasteiger partial charge is 0.146 e. The highest BCUT2D eigenvalue weighted by Gasteiger charge is 2.26. The molecule has 1 atom stereocenters. The van der Waals surface area contributed by atoms with E-state index < -0.39 is 0 Å². The zero-order valence-electron chi connectivity index (χ0n) is 11.5. The molecule has 6 heteroatoms. The van der Waals surface area contributed by atoms with E-state index in [1.165, 1.54) is 11.1 Å². The summed E-state index contributed by atoms with van der Waals surface area (Å²) in [6, 6.07) is 9.96. The molecule has 0 amide bonds. The average Bonchev–Trinajstić information content (AvgIpc) is 2.49. The average molecular weight is 345 g/mol. The van der Waals surface area contributed by atoms with Crippen molar-refractivity contribution in [3.63, 3.8) is 0 Å². The van der Waals surface area contributed by atoms with Gasteiger partial charge in [0.1, 0.15) is 5.82 Å². The van der Waals surface area contributed by atoms with Crippen molar-refractivity contribution in [1.29, 1.82) is 0 Å². The first-order valence-electron chi connectivity index (χ1n) is 6.55. The third kappa shape index (κ3) is 3.11. The Morgan fingerprint density at radius 1 is 1.24 bits per heavy atom. The van der Waals surface area contributed by atoms with Crippen LogP contribution >= 0.6 is 35.6 Å². The zero-order valence-corrected chi connectivity index (χ0v) is 13.8. The predicted molar refractivity (Wildman–Crippen MR) is 90.8 cm³/mol. The van der Waals surface area contributed by atoms with E-state index in [0.29, 0.717) is 16.0 Å². The maximum Gasteiger partial charge on any atom is 0.146 e. The number of nitrogens with zero attached hydrogens (tertiary/aromatic N) is 2. The van der Waals surface area contributed by atoms with E-state index in [1.54, 1.807) is 0 Å². The number of aromatic nitrogens is 1. The van der Waals surface area contributed by atoms with Gasteiger partial charge in [0.15, 0.2) is 0 Å². The summed E-state index contributed by atoms with van der Waals surface area (Å²) in [5.41, 5.74) is 5.58. The van der Waals surface area contributed by atoms with Crippen LogP contribution in [0.3, 0.4) is 0 Å². The van der Waals surface area contributed by atoms with Gasteiger partial charge in [-0.3, -0.25) is 5.01 Å². The van der Waals surface area contributed by atoms with Crippen LogP contribution < -0.4 is 10.4 Å². The maximum atomic E-state index is 6.15. The van der Waals surface area contributed by atoms with Gasteiger partial charge >= 0.3 is 0 Å². The Labute approximate surface area is 140 Å². The molecule has 0 bridgehead atoms. The first-order chi connectivity index (χ1) is 9.70. The molecule has 1 aromatic carbocycles. The second-order valence-corrected chi connectivity index (χ2v) is 5.62. The molecular weight excluding hydrogens is 329 g/mol. The van der Waals surface area contributed by atoms with Gasteiger partial charge < -0.3 is 0 Å². The van der Waals surface area contributed by atoms with Crippen molar-refractivity contribution < 1.29 is 0 Å². The van der Waals surface area contributed by atoms with Gasteiger partial charge in [0.25, 0.3) is 0 Å². The minimum atomic E-state index is 0. The fourth-order valence-corrected chi connectivity index (χ4v) is 3.03. The summed E-state index contributed by atoms with van der Waals surface area (Å²) in [5.74, 6) is 1.29. The van der Waals surface area contributed by atoms with Gasteiger partial charge in [0.05, 0.1) is 10.0 Å². The molecule has 0 saturated heterocycles. The Morgan fingerprint density at radius 2 is 2.05 bits per heavy atom. The molecule has 0 saturated carbocycles. The van der Waals surface area contributed by atoms with Crippen LogP contribution in [0.25, 0.3) is 0 Å². The molecule has 1 aliphatic rings. The van der Waals surface area contributed by atoms with Gasteiger partial charge in [-0.15, -0.1) is 12.4 Å². The summed E-state index contributed by atoms with van der Waals surface area (Å²) in [6.45, 7) is 0.908. The highest BCUT2D eigenvalue weighted by molar-refractivity contribution is 6.42. The molecule has 2 aromatic rings. The Hall–Kier alpha value is -1.00. The molecule has 3 nitrogen and oxygen atoms in total. The summed E-state index contributed by atoms with van der Waals surface area (Å²) < 4.78 is 0. The van der Waals surface area contributed by atoms with E-state index >= 15 is 0 Å². The Balaban J connectivity index is 0.00000161. The molecule has 1 aliphatic heterocycles. The van der Waals surface area contributed by atoms with Crippen LogP contribution in [0.2, 0.25) is 10.0 Å². The van der Waals surface area contributed by atoms with Gasteiger partial charge in [-0.2, -0.15) is 0 Å². The lowest BCUT2D eigenvalue weighted by atomic mass is 9.86. The van der Waals surface area contributed by atoms with Crippen molar-refractivity contribution in [2.45, 2.75) is 12.3 Å². The van der Waals surface area contributed by atoms with Crippen molar-refractivity contribution in [3.8, 4) is 0 Å². The molecule has 1 aromatic heterocycles. The quantitative estimate of drug-likeness (QED) is 0.881. The number of nitrogens with one attached hydrogen (secondary N) is 1. The molecule has 0 unspecified atom stereocenters. The van der Waals surface area contributed by atoms with E-state index in [4.69, 9.17) is 23.2 Å². The SMILES string of the molecule is CNN1CC[C@@H](c2ccc(Cl)c(Cl)c2)c2cccnc21.Cl. The number of pyridine rings is 1. The summed E-state index contributed by atoms with van der Waals surface area (Å²) in [5, 5.41) is 3.27. The van der Waals surface area contributed by atoms with Gasteiger partial charge in [0.2, 0.25) is 0 Å². The lowest BCUT2D eigenvalue weighted by molar-refractivity contribution is 0.583. The number of halogens is 3. The molecule has 0 aliphatic carbocycles. The highest BCUT2D eigenvalue weighted by Crippen LogP contribution is 2.38. The second-order valence-electron chi connectivity index (χ2n) is 4.81. The first kappa shape index (κ1) is 16.4. The Bertz CT molecular complexity index is 633. The van der Waals surface area contributed by atoms with E-state index in [0.717, 1.165) is 18.8 Å². The molecule has 3 rings (SSSR count). The number of benzene rings is 1. The van der Waals surface area contributed by atoms with Crippen LogP contribution in [0.5, 0.6) is 0 Å². The second kappa shape index (κ2) is 6.84. The van der Waals surface area contributed by atoms with Crippen molar-refractivity contribution >= 4 is 41.4 Å². The van der Waals surface area contributed by atoms with Crippen molar-refractivity contribution in [2.24, 2.45) is 0 Å². The van der Waals surface area contributed by atoms with Crippen LogP contribution in [-0.2, 0) is 0 Å². The molecule has 0 fully saturated rings. The number of fused-ring (bicyclic) bond motifs is 1. The van der Waals surface area contributed by atoms with Crippen molar-refractivity contribution in [1.82, 2.24) is 10.4 Å². The van der Waals surface area contributed by atoms with Gasteiger partial charge in [-0.25, -0.2) is 10.4 Å². The van der Waals surface area contributed by atoms with E-state index in [1.807, 2.05) is 37.5 Å². The summed E-state index contributed by atoms with van der Waals surface area (Å²) in [4.78, 5) is 4.49. The molecule has 1 N–H and O–H groups in total. The fourth-order valence-electron chi connectivity index (χ4n) is 2.72. The molecule has 112 valence electrons. The summed E-state index contributed by atoms with van der Waals surface area (Å²) in [7, 11) is 1.91. The molecule has 2 heterocycles. The lowest BCUT2D eigenvalue weighted by Gasteiger charge is -2.34. The molecule has 21 heavy (non-hydrogen) atoms. The van der Waals surface area contributed by atoms with Crippen molar-refractivity contribution in [3.05, 3.63) is 57.7 Å². The van der Waals surface area contributed by atoms with Gasteiger partial charge in [-0.1, -0.05) is 35.3 Å². The topological polar surface area (TPSA) is 28.2 Å². The number of hydrogen-bond acceptors (Lipinski definition) is 3. The standard InChI is InChI=1S/C15H15Cl2N3.ClH/c1-18-20-8-6-11(12-3-2-7-19-15(12)20)10-4-5-13(16)14(17)9-10;/h2-5,7,9,11,18H,6,8H2,1H3;1H/t11-;/m0./s1. The van der Waals surface area contributed by atoms with Gasteiger partial charge in [-0.05, 0) is 30.2 Å². The third-order valence-electron chi connectivity index (χ3n) is 3.71. The van der Waals surface area contributed by atoms with Gasteiger partial charge in [0, 0.05) is 31.3 Å². The number of rotatable bonds is 2. The normalized spacial score (nSPS) is 17.1. The fraction of sp³-hybridized carbons (Fsp3) is 0.267. The summed E-state index contributed by atoms with van der Waals surface area (Å²) >= 11 is 12.1. The highest BCUT2D eigenvalue weighted by atomic mass is 35.5. The van der Waals surface area contributed by atoms with E-state index in [9.17, 15) is 0 Å². The number of anilines is 1. The molecular formula is C15H16Cl3N3. The van der Waals surface area contributed by atoms with Crippen LogP contribution in [0, 0.1) is 0 Å². The van der Waals surface area contributed by atoms with Crippen molar-refractivity contribution in [2.75, 3.05) is 18.6 Å². The minimum absolute atomic E-state index is 0. The minimum Gasteiger partial charge on any atom is -0.292 e. The third-order valence-corrected chi connectivity index (χ3v) is 4.44. The molecule has 0 radical (unpaired) electrons. The first-order valence-corrected chi connectivity index (χ1v) is 7.31. The predicted octanol–water partition coefficient (Wildman–Crippen LogP) is 4.29. The lowest BCUT2D eigenvalue weighted by Crippen LogP contribution is -2.40. The van der Waals surface area contributed by atoms with Crippen LogP contribution in [0.1, 0.15) is 23.5 Å². The summed E-state index contributed by atoms with van der Waals surface area (Å²) in [6.07, 6.45) is 2.83. The van der Waals surface area contributed by atoms with Crippen LogP contribution in [-0.4, -0.2) is 18.6 Å². The van der Waals surface area contributed by atoms with E-state index in [-0.39, 0.29) is 12.4 Å². The van der Waals surface area contributed by atoms with Crippen LogP contribution in [0.4, 0.5) is 5.82 Å². The monoisotopic (exact) mass is 343 g/mol. The zero-order chi connectivity index (χ0) is 14.1. The number of hydrogen-bond donors (Lipinski definition) is 1.